The molecule has 0 bridgehead atoms. The van der Waals surface area contributed by atoms with Crippen molar-refractivity contribution in [2.45, 2.75) is 13.0 Å². The van der Waals surface area contributed by atoms with E-state index in [9.17, 15) is 13.8 Å². The van der Waals surface area contributed by atoms with Gasteiger partial charge in [0.25, 0.3) is 5.91 Å². The van der Waals surface area contributed by atoms with Crippen molar-refractivity contribution in [1.29, 1.82) is 0 Å². The summed E-state index contributed by atoms with van der Waals surface area (Å²) in [6, 6.07) is 13.5. The number of fused-ring (bicyclic) bond motifs is 1. The van der Waals surface area contributed by atoms with Crippen molar-refractivity contribution in [3.05, 3.63) is 78.0 Å². The van der Waals surface area contributed by atoms with Crippen LogP contribution in [0.2, 0.25) is 0 Å². The van der Waals surface area contributed by atoms with Crippen LogP contribution in [0.3, 0.4) is 0 Å². The van der Waals surface area contributed by atoms with Gasteiger partial charge >= 0.3 is 0 Å². The van der Waals surface area contributed by atoms with Gasteiger partial charge in [-0.3, -0.25) is 13.8 Å². The van der Waals surface area contributed by atoms with Gasteiger partial charge in [-0.2, -0.15) is 0 Å². The van der Waals surface area contributed by atoms with E-state index in [0.717, 1.165) is 39.8 Å². The first kappa shape index (κ1) is 24.6. The molecule has 2 heterocycles. The molecule has 2 aromatic carbocycles. The predicted molar refractivity (Wildman–Crippen MR) is 144 cm³/mol. The summed E-state index contributed by atoms with van der Waals surface area (Å²) in [6.45, 7) is 5.15. The number of aromatic nitrogens is 1. The summed E-state index contributed by atoms with van der Waals surface area (Å²) in [5.41, 5.74) is 11.7. The lowest BCUT2D eigenvalue weighted by molar-refractivity contribution is -0.116. The third-order valence-corrected chi connectivity index (χ3v) is 8.49. The Morgan fingerprint density at radius 2 is 1.91 bits per heavy atom. The SMILES string of the molecule is C=CC(=O)NCc1ccccc1-c1ccc(C(N)=O)c2[nH]c(C3=CCN(S(C)(C)(C)=O)CC3)cc12. The molecule has 184 valence electrons. The maximum absolute atomic E-state index is 13.0. The minimum Gasteiger partial charge on any atom is -0.366 e. The zero-order valence-corrected chi connectivity index (χ0v) is 21.2. The summed E-state index contributed by atoms with van der Waals surface area (Å²) in [7, 11) is -2.80. The molecule has 1 aliphatic rings. The highest BCUT2D eigenvalue weighted by Gasteiger charge is 2.29. The Morgan fingerprint density at radius 3 is 2.54 bits per heavy atom. The molecule has 0 atom stereocenters. The Bertz CT molecular complexity index is 1430. The van der Waals surface area contributed by atoms with Crippen LogP contribution in [-0.2, 0) is 20.6 Å². The van der Waals surface area contributed by atoms with E-state index >= 15 is 0 Å². The van der Waals surface area contributed by atoms with E-state index in [4.69, 9.17) is 5.73 Å². The molecule has 0 spiro atoms. The molecule has 1 aliphatic heterocycles. The number of hydrogen-bond acceptors (Lipinski definition) is 3. The van der Waals surface area contributed by atoms with Crippen LogP contribution in [0.1, 0.15) is 28.0 Å². The number of nitrogens with zero attached hydrogens (tertiary/aromatic N) is 1. The number of carbonyl (C=O) groups is 2. The van der Waals surface area contributed by atoms with E-state index in [1.165, 1.54) is 6.08 Å². The van der Waals surface area contributed by atoms with Crippen LogP contribution >= 0.6 is 0 Å². The van der Waals surface area contributed by atoms with E-state index in [0.29, 0.717) is 30.7 Å². The fraction of sp³-hybridized carbons (Fsp3) is 0.259. The number of aromatic amines is 1. The first-order valence-corrected chi connectivity index (χ1v) is 14.6. The lowest BCUT2D eigenvalue weighted by Gasteiger charge is -2.43. The second-order valence-corrected chi connectivity index (χ2v) is 15.0. The molecule has 1 aromatic heterocycles. The summed E-state index contributed by atoms with van der Waals surface area (Å²) in [6.07, 6.45) is 9.50. The van der Waals surface area contributed by atoms with Crippen LogP contribution in [0.5, 0.6) is 0 Å². The van der Waals surface area contributed by atoms with Gasteiger partial charge in [0.05, 0.1) is 11.1 Å². The van der Waals surface area contributed by atoms with Crippen LogP contribution < -0.4 is 11.1 Å². The molecular weight excluding hydrogens is 460 g/mol. The molecule has 7 nitrogen and oxygen atoms in total. The lowest BCUT2D eigenvalue weighted by Crippen LogP contribution is -2.49. The van der Waals surface area contributed by atoms with Crippen molar-refractivity contribution >= 4 is 37.5 Å². The topological polar surface area (TPSA) is 108 Å². The average Bonchev–Trinajstić information content (AvgIpc) is 3.26. The minimum absolute atomic E-state index is 0.242. The van der Waals surface area contributed by atoms with Crippen molar-refractivity contribution in [2.75, 3.05) is 31.9 Å². The van der Waals surface area contributed by atoms with Gasteiger partial charge < -0.3 is 16.0 Å². The number of nitrogens with two attached hydrogens (primary N) is 1. The van der Waals surface area contributed by atoms with E-state index in [-0.39, 0.29) is 5.91 Å². The number of carbonyl (C=O) groups excluding carboxylic acids is 2. The summed E-state index contributed by atoms with van der Waals surface area (Å²) in [5, 5.41) is 3.72. The summed E-state index contributed by atoms with van der Waals surface area (Å²) in [5.74, 6) is -0.746. The molecule has 4 N–H and O–H groups in total. The molecule has 4 rings (SSSR count). The number of nitrogens with one attached hydrogen (secondary N) is 2. The van der Waals surface area contributed by atoms with Crippen LogP contribution in [0.15, 0.2) is 61.2 Å². The van der Waals surface area contributed by atoms with Crippen molar-refractivity contribution < 1.29 is 13.8 Å². The number of primary amides is 1. The third kappa shape index (κ3) is 5.13. The molecule has 0 aliphatic carbocycles. The van der Waals surface area contributed by atoms with Crippen molar-refractivity contribution in [3.63, 3.8) is 0 Å². The molecule has 0 unspecified atom stereocenters. The van der Waals surface area contributed by atoms with Crippen LogP contribution in [0.25, 0.3) is 27.6 Å². The normalized spacial score (nSPS) is 15.7. The molecule has 3 aromatic rings. The van der Waals surface area contributed by atoms with Crippen LogP contribution in [0.4, 0.5) is 0 Å². The Kier molecular flexibility index (Phi) is 6.29. The maximum Gasteiger partial charge on any atom is 0.250 e. The van der Waals surface area contributed by atoms with Crippen LogP contribution in [-0.4, -0.2) is 57.2 Å². The minimum atomic E-state index is -2.80. The van der Waals surface area contributed by atoms with E-state index in [1.807, 2.05) is 34.6 Å². The summed E-state index contributed by atoms with van der Waals surface area (Å²) >= 11 is 0. The smallest absolute Gasteiger partial charge is 0.250 e. The summed E-state index contributed by atoms with van der Waals surface area (Å²) < 4.78 is 15.0. The van der Waals surface area contributed by atoms with Crippen molar-refractivity contribution in [2.24, 2.45) is 5.73 Å². The summed E-state index contributed by atoms with van der Waals surface area (Å²) in [4.78, 5) is 27.4. The highest BCUT2D eigenvalue weighted by molar-refractivity contribution is 8.16. The first-order valence-electron chi connectivity index (χ1n) is 11.4. The zero-order valence-electron chi connectivity index (χ0n) is 20.4. The van der Waals surface area contributed by atoms with E-state index < -0.39 is 15.2 Å². The van der Waals surface area contributed by atoms with Gasteiger partial charge in [-0.15, -0.1) is 0 Å². The Morgan fingerprint density at radius 1 is 1.17 bits per heavy atom. The molecule has 0 saturated heterocycles. The quantitative estimate of drug-likeness (QED) is 0.440. The van der Waals surface area contributed by atoms with E-state index in [1.54, 1.807) is 24.8 Å². The van der Waals surface area contributed by atoms with Gasteiger partial charge in [0, 0.05) is 49.5 Å². The van der Waals surface area contributed by atoms with Gasteiger partial charge in [-0.25, -0.2) is 4.31 Å². The molecule has 8 heteroatoms. The number of H-pyrrole nitrogens is 1. The molecule has 35 heavy (non-hydrogen) atoms. The number of amides is 2. The van der Waals surface area contributed by atoms with Gasteiger partial charge in [0.15, 0.2) is 0 Å². The number of benzene rings is 2. The predicted octanol–water partition coefficient (Wildman–Crippen LogP) is 3.45. The molecular formula is C27H32N4O3S. The fourth-order valence-corrected chi connectivity index (χ4v) is 5.78. The first-order chi connectivity index (χ1) is 16.4. The second kappa shape index (κ2) is 8.94. The molecule has 0 radical (unpaired) electrons. The Hall–Kier alpha value is -3.49. The average molecular weight is 493 g/mol. The van der Waals surface area contributed by atoms with Crippen molar-refractivity contribution in [3.8, 4) is 11.1 Å². The van der Waals surface area contributed by atoms with Gasteiger partial charge in [-0.1, -0.05) is 52.2 Å². The third-order valence-electron chi connectivity index (χ3n) is 6.40. The lowest BCUT2D eigenvalue weighted by atomic mass is 9.94. The highest BCUT2D eigenvalue weighted by Crippen LogP contribution is 2.36. The van der Waals surface area contributed by atoms with Gasteiger partial charge in [-0.05, 0) is 46.9 Å². The standard InChI is InChI=1S/C27H32N4O3S/c1-5-25(32)29-17-19-8-6-7-9-20(19)21-10-11-22(27(28)33)26-23(21)16-24(30-26)18-12-14-31(15-13-18)35(2,3,4)34/h5-12,16,30H,1,13-15,17H2,2-4H3,(H2,28,33)(H,29,32). The highest BCUT2D eigenvalue weighted by atomic mass is 32.3. The molecule has 2 amide bonds. The molecule has 0 fully saturated rings. The fourth-order valence-electron chi connectivity index (χ4n) is 4.48. The van der Waals surface area contributed by atoms with Gasteiger partial charge in [0.2, 0.25) is 5.91 Å². The van der Waals surface area contributed by atoms with Crippen molar-refractivity contribution in [1.82, 2.24) is 14.6 Å². The zero-order chi connectivity index (χ0) is 25.4. The number of hydrogen-bond donors (Lipinski definition) is 3. The Labute approximate surface area is 205 Å². The van der Waals surface area contributed by atoms with Gasteiger partial charge in [0.1, 0.15) is 0 Å². The van der Waals surface area contributed by atoms with E-state index in [2.05, 4.69) is 29.0 Å². The molecule has 0 saturated carbocycles. The monoisotopic (exact) mass is 492 g/mol. The Balaban J connectivity index is 1.80. The largest absolute Gasteiger partial charge is 0.366 e. The second-order valence-electron chi connectivity index (χ2n) is 9.79. The van der Waals surface area contributed by atoms with Crippen LogP contribution in [0, 0.1) is 0 Å². The maximum atomic E-state index is 13.0. The number of rotatable bonds is 7.